The Morgan fingerprint density at radius 1 is 1.50 bits per heavy atom. The lowest BCUT2D eigenvalue weighted by Crippen LogP contribution is -2.14. The van der Waals surface area contributed by atoms with Crippen LogP contribution in [0.5, 0.6) is 0 Å². The first kappa shape index (κ1) is 13.5. The van der Waals surface area contributed by atoms with E-state index in [-0.39, 0.29) is 15.3 Å². The van der Waals surface area contributed by atoms with Gasteiger partial charge in [0.15, 0.2) is 0 Å². The van der Waals surface area contributed by atoms with Gasteiger partial charge in [0.25, 0.3) is 0 Å². The summed E-state index contributed by atoms with van der Waals surface area (Å²) in [7, 11) is 0. The van der Waals surface area contributed by atoms with Gasteiger partial charge in [0.1, 0.15) is 0 Å². The summed E-state index contributed by atoms with van der Waals surface area (Å²) in [4.78, 5) is 11.4. The zero-order chi connectivity index (χ0) is 12.5. The van der Waals surface area contributed by atoms with E-state index in [0.29, 0.717) is 0 Å². The van der Waals surface area contributed by atoms with Crippen LogP contribution in [0.1, 0.15) is 27.7 Å². The Bertz CT molecular complexity index is 412. The van der Waals surface area contributed by atoms with Gasteiger partial charge in [-0.1, -0.05) is 0 Å². The van der Waals surface area contributed by atoms with Gasteiger partial charge in [-0.05, 0) is 29.8 Å². The molecule has 0 aromatic carbocycles. The lowest BCUT2D eigenvalue weighted by molar-refractivity contribution is -0.138. The number of hydrogen-bond acceptors (Lipinski definition) is 3. The minimum atomic E-state index is -4.55. The normalized spacial score (nSPS) is 11.6. The summed E-state index contributed by atoms with van der Waals surface area (Å²) in [5.41, 5.74) is -1.35. The average Bonchev–Trinajstić information content (AvgIpc) is 2.40. The maximum Gasteiger partial charge on any atom is 0.418 e. The van der Waals surface area contributed by atoms with E-state index in [4.69, 9.17) is 0 Å². The van der Waals surface area contributed by atoms with Crippen LogP contribution in [0.15, 0.2) is 3.79 Å². The molecule has 0 saturated heterocycles. The van der Waals surface area contributed by atoms with E-state index in [2.05, 4.69) is 20.7 Å². The maximum atomic E-state index is 12.7. The molecule has 1 aromatic heterocycles. The predicted octanol–water partition coefficient (Wildman–Crippen LogP) is 4.01. The number of alkyl halides is 3. The molecule has 0 N–H and O–H groups in total. The van der Waals surface area contributed by atoms with Crippen LogP contribution in [0.25, 0.3) is 0 Å². The summed E-state index contributed by atoms with van der Waals surface area (Å²) in [6.45, 7) is 2.90. The topological polar surface area (TPSA) is 26.3 Å². The van der Waals surface area contributed by atoms with Gasteiger partial charge in [-0.2, -0.15) is 13.2 Å². The highest BCUT2D eigenvalue weighted by Crippen LogP contribution is 2.42. The van der Waals surface area contributed by atoms with Crippen molar-refractivity contribution in [2.24, 2.45) is 0 Å². The highest BCUT2D eigenvalue weighted by Gasteiger charge is 2.40. The molecule has 0 unspecified atom stereocenters. The van der Waals surface area contributed by atoms with Gasteiger partial charge < -0.3 is 4.74 Å². The second kappa shape index (κ2) is 4.75. The van der Waals surface area contributed by atoms with Crippen LogP contribution < -0.4 is 0 Å². The first-order valence-corrected chi connectivity index (χ1v) is 5.93. The zero-order valence-corrected chi connectivity index (χ0v) is 10.8. The molecule has 0 aliphatic rings. The second-order valence-corrected chi connectivity index (χ2v) is 5.44. The molecule has 0 atom stereocenters. The summed E-state index contributed by atoms with van der Waals surface area (Å²) in [6.07, 6.45) is -4.55. The molecule has 90 valence electrons. The molecule has 0 bridgehead atoms. The number of aryl methyl sites for hydroxylation is 1. The SMILES string of the molecule is CCOC(=O)c1c(Br)sc(C)c1C(F)(F)F. The van der Waals surface area contributed by atoms with Crippen molar-refractivity contribution in [3.63, 3.8) is 0 Å². The molecule has 0 aliphatic heterocycles. The number of carbonyl (C=O) groups excluding carboxylic acids is 1. The van der Waals surface area contributed by atoms with Crippen LogP contribution in [0.2, 0.25) is 0 Å². The number of ether oxygens (including phenoxy) is 1. The summed E-state index contributed by atoms with van der Waals surface area (Å²) >= 11 is 3.82. The van der Waals surface area contributed by atoms with Gasteiger partial charge in [0.2, 0.25) is 0 Å². The first-order valence-electron chi connectivity index (χ1n) is 4.32. The Balaban J connectivity index is 3.32. The summed E-state index contributed by atoms with van der Waals surface area (Å²) in [6, 6.07) is 0. The second-order valence-electron chi connectivity index (χ2n) is 2.90. The maximum absolute atomic E-state index is 12.7. The zero-order valence-electron chi connectivity index (χ0n) is 8.44. The Kier molecular flexibility index (Phi) is 4.01. The molecule has 0 saturated carbocycles. The monoisotopic (exact) mass is 316 g/mol. The van der Waals surface area contributed by atoms with E-state index in [9.17, 15) is 18.0 Å². The summed E-state index contributed by atoms with van der Waals surface area (Å²) in [5.74, 6) is -0.953. The van der Waals surface area contributed by atoms with Crippen LogP contribution in [0, 0.1) is 6.92 Å². The third kappa shape index (κ3) is 2.57. The number of thiophene rings is 1. The van der Waals surface area contributed by atoms with Crippen LogP contribution in [0.3, 0.4) is 0 Å². The van der Waals surface area contributed by atoms with Crippen molar-refractivity contribution < 1.29 is 22.7 Å². The van der Waals surface area contributed by atoms with E-state index in [1.54, 1.807) is 0 Å². The van der Waals surface area contributed by atoms with Crippen molar-refractivity contribution in [2.45, 2.75) is 20.0 Å². The summed E-state index contributed by atoms with van der Waals surface area (Å²) in [5, 5.41) is 0. The van der Waals surface area contributed by atoms with E-state index < -0.39 is 23.3 Å². The number of carbonyl (C=O) groups is 1. The third-order valence-electron chi connectivity index (χ3n) is 1.80. The highest BCUT2D eigenvalue weighted by molar-refractivity contribution is 9.11. The van der Waals surface area contributed by atoms with Crippen LogP contribution in [-0.2, 0) is 10.9 Å². The number of rotatable bonds is 2. The number of halogens is 4. The van der Waals surface area contributed by atoms with Crippen LogP contribution in [-0.4, -0.2) is 12.6 Å². The minimum absolute atomic E-state index is 0.0392. The minimum Gasteiger partial charge on any atom is -0.462 e. The van der Waals surface area contributed by atoms with Crippen molar-refractivity contribution in [1.82, 2.24) is 0 Å². The highest BCUT2D eigenvalue weighted by atomic mass is 79.9. The van der Waals surface area contributed by atoms with Gasteiger partial charge in [0, 0.05) is 4.88 Å². The molecule has 1 rings (SSSR count). The Labute approximate surface area is 103 Å². The molecular weight excluding hydrogens is 309 g/mol. The standard InChI is InChI=1S/C9H8BrF3O2S/c1-3-15-8(14)5-6(9(11,12)13)4(2)16-7(5)10/h3H2,1-2H3. The van der Waals surface area contributed by atoms with E-state index in [1.165, 1.54) is 13.8 Å². The van der Waals surface area contributed by atoms with Crippen molar-refractivity contribution in [3.05, 3.63) is 19.8 Å². The lowest BCUT2D eigenvalue weighted by atomic mass is 10.1. The Morgan fingerprint density at radius 3 is 2.50 bits per heavy atom. The Morgan fingerprint density at radius 2 is 2.06 bits per heavy atom. The third-order valence-corrected chi connectivity index (χ3v) is 3.58. The van der Waals surface area contributed by atoms with Gasteiger partial charge in [-0.15, -0.1) is 11.3 Å². The molecule has 0 fully saturated rings. The smallest absolute Gasteiger partial charge is 0.418 e. The first-order chi connectivity index (χ1) is 7.29. The van der Waals surface area contributed by atoms with Gasteiger partial charge in [-0.25, -0.2) is 4.79 Å². The van der Waals surface area contributed by atoms with Gasteiger partial charge >= 0.3 is 12.1 Å². The predicted molar refractivity (Wildman–Crippen MR) is 57.7 cm³/mol. The molecule has 0 radical (unpaired) electrons. The average molecular weight is 317 g/mol. The van der Waals surface area contributed by atoms with Crippen LogP contribution >= 0.6 is 27.3 Å². The molecule has 7 heteroatoms. The molecule has 0 spiro atoms. The van der Waals surface area contributed by atoms with Crippen molar-refractivity contribution in [3.8, 4) is 0 Å². The molecule has 1 aromatic rings. The number of esters is 1. The molecule has 2 nitrogen and oxygen atoms in total. The lowest BCUT2D eigenvalue weighted by Gasteiger charge is -2.09. The molecule has 16 heavy (non-hydrogen) atoms. The van der Waals surface area contributed by atoms with E-state index >= 15 is 0 Å². The molecular formula is C9H8BrF3O2S. The van der Waals surface area contributed by atoms with Crippen molar-refractivity contribution in [1.29, 1.82) is 0 Å². The molecule has 0 aliphatic carbocycles. The van der Waals surface area contributed by atoms with Gasteiger partial charge in [-0.3, -0.25) is 0 Å². The van der Waals surface area contributed by atoms with E-state index in [0.717, 1.165) is 11.3 Å². The van der Waals surface area contributed by atoms with Gasteiger partial charge in [0.05, 0.1) is 21.5 Å². The summed E-state index contributed by atoms with van der Waals surface area (Å²) < 4.78 is 42.8. The Hall–Kier alpha value is -0.560. The number of hydrogen-bond donors (Lipinski definition) is 0. The van der Waals surface area contributed by atoms with Crippen molar-refractivity contribution in [2.75, 3.05) is 6.61 Å². The van der Waals surface area contributed by atoms with Crippen LogP contribution in [0.4, 0.5) is 13.2 Å². The fourth-order valence-corrected chi connectivity index (χ4v) is 3.20. The van der Waals surface area contributed by atoms with E-state index in [1.807, 2.05) is 0 Å². The largest absolute Gasteiger partial charge is 0.462 e. The molecule has 0 amide bonds. The quantitative estimate of drug-likeness (QED) is 0.770. The fraction of sp³-hybridized carbons (Fsp3) is 0.444. The molecule has 1 heterocycles. The fourth-order valence-electron chi connectivity index (χ4n) is 1.24. The van der Waals surface area contributed by atoms with Crippen molar-refractivity contribution >= 4 is 33.2 Å².